The van der Waals surface area contributed by atoms with Gasteiger partial charge in [0.25, 0.3) is 0 Å². The van der Waals surface area contributed by atoms with E-state index in [1.807, 2.05) is 38.1 Å². The number of nitrogens with one attached hydrogen (secondary N) is 1. The summed E-state index contributed by atoms with van der Waals surface area (Å²) in [5.74, 6) is -0.209. The van der Waals surface area contributed by atoms with Gasteiger partial charge in [0.15, 0.2) is 0 Å². The lowest BCUT2D eigenvalue weighted by Crippen LogP contribution is -2.29. The third kappa shape index (κ3) is 5.04. The zero-order chi connectivity index (χ0) is 21.7. The van der Waals surface area contributed by atoms with Gasteiger partial charge in [-0.05, 0) is 55.2 Å². The van der Waals surface area contributed by atoms with E-state index in [-0.39, 0.29) is 23.1 Å². The molecule has 1 saturated heterocycles. The molecule has 1 N–H and O–H groups in total. The molecular weight excluding hydrogens is 399 g/mol. The molecule has 4 nitrogen and oxygen atoms in total. The Morgan fingerprint density at radius 1 is 1.27 bits per heavy atom. The average molecular weight is 429 g/mol. The fraction of sp³-hybridized carbons (Fsp3) is 0.417. The molecule has 0 radical (unpaired) electrons. The van der Waals surface area contributed by atoms with Crippen LogP contribution in [0.1, 0.15) is 56.0 Å². The lowest BCUT2D eigenvalue weighted by Gasteiger charge is -2.25. The number of aryl methyl sites for hydroxylation is 1. The van der Waals surface area contributed by atoms with E-state index in [4.69, 9.17) is 0 Å². The molecule has 2 atom stereocenters. The molecule has 0 unspecified atom stereocenters. The number of amides is 2. The van der Waals surface area contributed by atoms with Gasteiger partial charge >= 0.3 is 0 Å². The van der Waals surface area contributed by atoms with Gasteiger partial charge in [-0.2, -0.15) is 0 Å². The van der Waals surface area contributed by atoms with Crippen LogP contribution in [0.5, 0.6) is 0 Å². The number of halogens is 1. The summed E-state index contributed by atoms with van der Waals surface area (Å²) in [7, 11) is 0. The van der Waals surface area contributed by atoms with Crippen LogP contribution >= 0.6 is 11.8 Å². The fourth-order valence-electron chi connectivity index (χ4n) is 3.72. The van der Waals surface area contributed by atoms with Gasteiger partial charge in [0.2, 0.25) is 11.8 Å². The summed E-state index contributed by atoms with van der Waals surface area (Å²) < 4.78 is 14.5. The minimum Gasteiger partial charge on any atom is -0.326 e. The average Bonchev–Trinajstić information content (AvgIpc) is 3.12. The second kappa shape index (κ2) is 10.1. The number of unbranched alkanes of at least 4 members (excludes halogenated alkanes) is 1. The topological polar surface area (TPSA) is 49.4 Å². The molecule has 0 bridgehead atoms. The molecule has 0 saturated carbocycles. The van der Waals surface area contributed by atoms with E-state index in [0.29, 0.717) is 17.1 Å². The molecular formula is C24H29FN2O2S. The molecule has 6 heteroatoms. The van der Waals surface area contributed by atoms with E-state index in [0.717, 1.165) is 36.8 Å². The maximum Gasteiger partial charge on any atom is 0.238 e. The van der Waals surface area contributed by atoms with Crippen LogP contribution in [0.3, 0.4) is 0 Å². The predicted molar refractivity (Wildman–Crippen MR) is 122 cm³/mol. The molecule has 2 amide bonds. The van der Waals surface area contributed by atoms with Crippen molar-refractivity contribution in [2.75, 3.05) is 16.0 Å². The highest BCUT2D eigenvalue weighted by Gasteiger charge is 2.35. The third-order valence-electron chi connectivity index (χ3n) is 5.44. The van der Waals surface area contributed by atoms with Gasteiger partial charge in [-0.15, -0.1) is 11.8 Å². The van der Waals surface area contributed by atoms with Gasteiger partial charge in [0.05, 0.1) is 11.4 Å². The van der Waals surface area contributed by atoms with Crippen molar-refractivity contribution in [1.82, 2.24) is 0 Å². The summed E-state index contributed by atoms with van der Waals surface area (Å²) in [6.07, 6.45) is 3.78. The molecule has 1 aliphatic heterocycles. The van der Waals surface area contributed by atoms with Crippen molar-refractivity contribution in [3.05, 3.63) is 59.4 Å². The molecule has 0 spiro atoms. The molecule has 0 aromatic heterocycles. The number of thioether (sulfide) groups is 1. The maximum atomic E-state index is 14.5. The number of anilines is 2. The first-order valence-corrected chi connectivity index (χ1v) is 11.6. The van der Waals surface area contributed by atoms with Crippen molar-refractivity contribution in [2.24, 2.45) is 5.92 Å². The van der Waals surface area contributed by atoms with Crippen LogP contribution in [0.4, 0.5) is 15.8 Å². The lowest BCUT2D eigenvalue weighted by atomic mass is 9.98. The summed E-state index contributed by atoms with van der Waals surface area (Å²) in [6, 6.07) is 12.3. The van der Waals surface area contributed by atoms with Gasteiger partial charge in [0.1, 0.15) is 11.2 Å². The standard InChI is InChI=1S/C24H29FN2O2S/c1-4-6-8-17(5-2)23(29)26-19-10-7-9-18(14-19)24-27(22(28)15-30-24)21-13-16(3)11-12-20(21)25/h7,9-14,17,24H,4-6,8,15H2,1-3H3,(H,26,29)/t17-,24-/m1/s1. The summed E-state index contributed by atoms with van der Waals surface area (Å²) in [5, 5.41) is 2.70. The second-order valence-corrected chi connectivity index (χ2v) is 8.81. The Bertz CT molecular complexity index is 918. The van der Waals surface area contributed by atoms with E-state index in [1.165, 1.54) is 22.7 Å². The summed E-state index contributed by atoms with van der Waals surface area (Å²) >= 11 is 1.47. The number of hydrogen-bond acceptors (Lipinski definition) is 3. The van der Waals surface area contributed by atoms with E-state index >= 15 is 0 Å². The van der Waals surface area contributed by atoms with Crippen LogP contribution in [0.15, 0.2) is 42.5 Å². The monoisotopic (exact) mass is 428 g/mol. The second-order valence-electron chi connectivity index (χ2n) is 7.74. The highest BCUT2D eigenvalue weighted by molar-refractivity contribution is 8.00. The first kappa shape index (κ1) is 22.3. The molecule has 2 aromatic rings. The highest BCUT2D eigenvalue weighted by Crippen LogP contribution is 2.43. The number of rotatable bonds is 8. The van der Waals surface area contributed by atoms with Gasteiger partial charge in [0, 0.05) is 11.6 Å². The van der Waals surface area contributed by atoms with Crippen LogP contribution in [0, 0.1) is 18.7 Å². The number of carbonyl (C=O) groups is 2. The van der Waals surface area contributed by atoms with Crippen LogP contribution < -0.4 is 10.2 Å². The van der Waals surface area contributed by atoms with Crippen LogP contribution in [-0.2, 0) is 9.59 Å². The van der Waals surface area contributed by atoms with Gasteiger partial charge in [-0.3, -0.25) is 14.5 Å². The number of carbonyl (C=O) groups excluding carboxylic acids is 2. The molecule has 30 heavy (non-hydrogen) atoms. The molecule has 160 valence electrons. The normalized spacial score (nSPS) is 17.3. The van der Waals surface area contributed by atoms with Crippen molar-refractivity contribution in [3.8, 4) is 0 Å². The maximum absolute atomic E-state index is 14.5. The molecule has 0 aliphatic carbocycles. The Kier molecular flexibility index (Phi) is 7.53. The Morgan fingerprint density at radius 2 is 2.07 bits per heavy atom. The van der Waals surface area contributed by atoms with E-state index in [1.54, 1.807) is 12.1 Å². The van der Waals surface area contributed by atoms with Crippen molar-refractivity contribution >= 4 is 35.0 Å². The Labute approximate surface area is 182 Å². The van der Waals surface area contributed by atoms with Crippen molar-refractivity contribution in [3.63, 3.8) is 0 Å². The smallest absolute Gasteiger partial charge is 0.238 e. The van der Waals surface area contributed by atoms with Crippen LogP contribution in [0.2, 0.25) is 0 Å². The first-order valence-electron chi connectivity index (χ1n) is 10.5. The van der Waals surface area contributed by atoms with E-state index in [2.05, 4.69) is 12.2 Å². The van der Waals surface area contributed by atoms with Crippen LogP contribution in [-0.4, -0.2) is 17.6 Å². The van der Waals surface area contributed by atoms with Gasteiger partial charge in [-0.1, -0.05) is 44.9 Å². The van der Waals surface area contributed by atoms with Gasteiger partial charge < -0.3 is 5.32 Å². The van der Waals surface area contributed by atoms with E-state index in [9.17, 15) is 14.0 Å². The van der Waals surface area contributed by atoms with Crippen molar-refractivity contribution in [2.45, 2.75) is 51.8 Å². The number of nitrogens with zero attached hydrogens (tertiary/aromatic N) is 1. The molecule has 1 fully saturated rings. The molecule has 1 aliphatic rings. The highest BCUT2D eigenvalue weighted by atomic mass is 32.2. The first-order chi connectivity index (χ1) is 14.4. The van der Waals surface area contributed by atoms with Crippen molar-refractivity contribution in [1.29, 1.82) is 0 Å². The van der Waals surface area contributed by atoms with Crippen LogP contribution in [0.25, 0.3) is 0 Å². The zero-order valence-corrected chi connectivity index (χ0v) is 18.6. The molecule has 3 rings (SSSR count). The van der Waals surface area contributed by atoms with Crippen molar-refractivity contribution < 1.29 is 14.0 Å². The minimum atomic E-state index is -0.410. The Morgan fingerprint density at radius 3 is 2.80 bits per heavy atom. The summed E-state index contributed by atoms with van der Waals surface area (Å²) in [4.78, 5) is 26.8. The zero-order valence-electron chi connectivity index (χ0n) is 17.8. The van der Waals surface area contributed by atoms with E-state index < -0.39 is 5.82 Å². The quantitative estimate of drug-likeness (QED) is 0.555. The largest absolute Gasteiger partial charge is 0.326 e. The summed E-state index contributed by atoms with van der Waals surface area (Å²) in [5.41, 5.74) is 2.77. The number of benzene rings is 2. The third-order valence-corrected chi connectivity index (χ3v) is 6.65. The minimum absolute atomic E-state index is 0.00562. The Hall–Kier alpha value is -2.34. The SMILES string of the molecule is CCCC[C@@H](CC)C(=O)Nc1cccc([C@H]2SCC(=O)N2c2cc(C)ccc2F)c1. The Balaban J connectivity index is 1.83. The lowest BCUT2D eigenvalue weighted by molar-refractivity contribution is -0.120. The fourth-order valence-corrected chi connectivity index (χ4v) is 4.88. The number of hydrogen-bond donors (Lipinski definition) is 1. The predicted octanol–water partition coefficient (Wildman–Crippen LogP) is 6.07. The molecule has 2 aromatic carbocycles. The van der Waals surface area contributed by atoms with Gasteiger partial charge in [-0.25, -0.2) is 4.39 Å². The summed E-state index contributed by atoms with van der Waals surface area (Å²) in [6.45, 7) is 6.04. The molecule has 1 heterocycles.